The van der Waals surface area contributed by atoms with Crippen molar-refractivity contribution >= 4 is 0 Å². The summed E-state index contributed by atoms with van der Waals surface area (Å²) in [6.07, 6.45) is 1.87. The molecule has 5 heteroatoms. The van der Waals surface area contributed by atoms with Crippen molar-refractivity contribution in [3.05, 3.63) is 35.2 Å². The first-order chi connectivity index (χ1) is 8.95. The van der Waals surface area contributed by atoms with E-state index >= 15 is 0 Å². The fourth-order valence-electron chi connectivity index (χ4n) is 2.19. The number of aromatic nitrogens is 4. The highest BCUT2D eigenvalue weighted by molar-refractivity contribution is 5.06. The normalized spacial score (nSPS) is 13.2. The number of aryl methyl sites for hydroxylation is 3. The molecule has 1 atom stereocenters. The summed E-state index contributed by atoms with van der Waals surface area (Å²) in [5.41, 5.74) is 3.40. The summed E-state index contributed by atoms with van der Waals surface area (Å²) in [7, 11) is 2.12. The second-order valence-corrected chi connectivity index (χ2v) is 5.39. The van der Waals surface area contributed by atoms with Crippen molar-refractivity contribution in [2.24, 2.45) is 0 Å². The third-order valence-electron chi connectivity index (χ3n) is 3.45. The van der Waals surface area contributed by atoms with E-state index in [1.807, 2.05) is 20.0 Å². The van der Waals surface area contributed by atoms with Gasteiger partial charge in [-0.25, -0.2) is 4.98 Å². The first-order valence-corrected chi connectivity index (χ1v) is 6.67. The topological polar surface area (TPSA) is 49.7 Å². The summed E-state index contributed by atoms with van der Waals surface area (Å²) in [5.74, 6) is 1.01. The van der Waals surface area contributed by atoms with Crippen LogP contribution >= 0.6 is 0 Å². The van der Waals surface area contributed by atoms with Crippen molar-refractivity contribution < 1.29 is 0 Å². The largest absolute Gasteiger partial charge is 0.345 e. The third-order valence-corrected chi connectivity index (χ3v) is 3.45. The fraction of sp³-hybridized carbons (Fsp3) is 0.571. The van der Waals surface area contributed by atoms with Crippen molar-refractivity contribution in [1.29, 1.82) is 0 Å². The molecular formula is C14H23N5. The van der Waals surface area contributed by atoms with Gasteiger partial charge in [0.15, 0.2) is 0 Å². The highest BCUT2D eigenvalue weighted by Gasteiger charge is 2.13. The number of nitrogens with one attached hydrogen (secondary N) is 1. The second-order valence-electron chi connectivity index (χ2n) is 5.39. The van der Waals surface area contributed by atoms with Gasteiger partial charge in [-0.05, 0) is 40.8 Å². The molecule has 2 aromatic heterocycles. The molecule has 1 N–H and O–H groups in total. The number of likely N-dealkylation sites (N-methyl/N-ethyl adjacent to an activating group) is 1. The molecule has 1 unspecified atom stereocenters. The van der Waals surface area contributed by atoms with E-state index in [4.69, 9.17) is 0 Å². The number of nitrogens with zero attached hydrogens (tertiary/aromatic N) is 4. The van der Waals surface area contributed by atoms with E-state index in [1.165, 1.54) is 5.69 Å². The van der Waals surface area contributed by atoms with Crippen LogP contribution in [0.1, 0.15) is 29.8 Å². The lowest BCUT2D eigenvalue weighted by molar-refractivity contribution is 0.216. The first-order valence-electron chi connectivity index (χ1n) is 6.67. The van der Waals surface area contributed by atoms with Gasteiger partial charge in [0.2, 0.25) is 0 Å². The fourth-order valence-corrected chi connectivity index (χ4v) is 2.19. The van der Waals surface area contributed by atoms with Gasteiger partial charge in [0.05, 0.1) is 18.8 Å². The van der Waals surface area contributed by atoms with Crippen LogP contribution in [0.4, 0.5) is 0 Å². The first kappa shape index (κ1) is 13.8. The average Bonchev–Trinajstić information content (AvgIpc) is 2.85. The summed E-state index contributed by atoms with van der Waals surface area (Å²) in [5, 5.41) is 4.51. The Morgan fingerprint density at radius 1 is 1.37 bits per heavy atom. The predicted molar refractivity (Wildman–Crippen MR) is 76.0 cm³/mol. The SMILES string of the molecule is Cc1cc(C)n(CC(C)N(C)Cc2ncc(C)[nH]2)n1. The Morgan fingerprint density at radius 3 is 2.63 bits per heavy atom. The molecule has 2 heterocycles. The van der Waals surface area contributed by atoms with E-state index < -0.39 is 0 Å². The molecule has 0 aromatic carbocycles. The Labute approximate surface area is 114 Å². The van der Waals surface area contributed by atoms with Gasteiger partial charge in [-0.2, -0.15) is 5.10 Å². The molecule has 0 aliphatic heterocycles. The van der Waals surface area contributed by atoms with Crippen molar-refractivity contribution in [3.8, 4) is 0 Å². The lowest BCUT2D eigenvalue weighted by Gasteiger charge is -2.24. The van der Waals surface area contributed by atoms with Gasteiger partial charge in [0.1, 0.15) is 5.82 Å². The van der Waals surface area contributed by atoms with E-state index in [0.717, 1.165) is 30.3 Å². The maximum absolute atomic E-state index is 4.51. The van der Waals surface area contributed by atoms with Crippen LogP contribution in [0, 0.1) is 20.8 Å². The average molecular weight is 261 g/mol. The number of rotatable bonds is 5. The highest BCUT2D eigenvalue weighted by atomic mass is 15.3. The summed E-state index contributed by atoms with van der Waals surface area (Å²) in [4.78, 5) is 9.90. The molecule has 0 saturated carbocycles. The minimum absolute atomic E-state index is 0.406. The molecule has 2 aromatic rings. The lowest BCUT2D eigenvalue weighted by Crippen LogP contribution is -2.33. The molecule has 0 spiro atoms. The number of H-pyrrole nitrogens is 1. The van der Waals surface area contributed by atoms with Crippen molar-refractivity contribution in [2.75, 3.05) is 7.05 Å². The maximum atomic E-state index is 4.51. The van der Waals surface area contributed by atoms with E-state index in [0.29, 0.717) is 6.04 Å². The highest BCUT2D eigenvalue weighted by Crippen LogP contribution is 2.08. The van der Waals surface area contributed by atoms with Gasteiger partial charge in [-0.1, -0.05) is 0 Å². The predicted octanol–water partition coefficient (Wildman–Crippen LogP) is 2.05. The molecule has 0 amide bonds. The van der Waals surface area contributed by atoms with Crippen molar-refractivity contribution in [3.63, 3.8) is 0 Å². The van der Waals surface area contributed by atoms with Crippen LogP contribution in [0.2, 0.25) is 0 Å². The monoisotopic (exact) mass is 261 g/mol. The van der Waals surface area contributed by atoms with E-state index in [1.54, 1.807) is 0 Å². The summed E-state index contributed by atoms with van der Waals surface area (Å²) < 4.78 is 2.07. The minimum Gasteiger partial charge on any atom is -0.345 e. The van der Waals surface area contributed by atoms with Gasteiger partial charge in [0, 0.05) is 23.6 Å². The van der Waals surface area contributed by atoms with Gasteiger partial charge in [-0.15, -0.1) is 0 Å². The molecular weight excluding hydrogens is 238 g/mol. The molecule has 0 aliphatic rings. The molecule has 19 heavy (non-hydrogen) atoms. The zero-order chi connectivity index (χ0) is 14.0. The summed E-state index contributed by atoms with van der Waals surface area (Å²) in [6, 6.07) is 2.52. The standard InChI is InChI=1S/C14H23N5/c1-10-6-12(3)19(17-10)8-13(4)18(5)9-14-15-7-11(2)16-14/h6-7,13H,8-9H2,1-5H3,(H,15,16). The molecule has 104 valence electrons. The van der Waals surface area contributed by atoms with E-state index in [9.17, 15) is 0 Å². The molecule has 0 aliphatic carbocycles. The van der Waals surface area contributed by atoms with Crippen LogP contribution in [0.3, 0.4) is 0 Å². The Kier molecular flexibility index (Phi) is 4.04. The third kappa shape index (κ3) is 3.44. The molecule has 5 nitrogen and oxygen atoms in total. The molecule has 0 bridgehead atoms. The summed E-state index contributed by atoms with van der Waals surface area (Å²) >= 11 is 0. The zero-order valence-electron chi connectivity index (χ0n) is 12.4. The maximum Gasteiger partial charge on any atom is 0.120 e. The van der Waals surface area contributed by atoms with Crippen LogP contribution in [0.15, 0.2) is 12.3 Å². The van der Waals surface area contributed by atoms with Gasteiger partial charge < -0.3 is 4.98 Å². The Morgan fingerprint density at radius 2 is 2.11 bits per heavy atom. The molecule has 0 fully saturated rings. The van der Waals surface area contributed by atoms with Crippen LogP contribution in [0.5, 0.6) is 0 Å². The van der Waals surface area contributed by atoms with Gasteiger partial charge >= 0.3 is 0 Å². The Balaban J connectivity index is 1.95. The van der Waals surface area contributed by atoms with Crippen LogP contribution in [-0.2, 0) is 13.1 Å². The lowest BCUT2D eigenvalue weighted by atomic mass is 10.3. The molecule has 2 rings (SSSR count). The van der Waals surface area contributed by atoms with Gasteiger partial charge in [0.25, 0.3) is 0 Å². The van der Waals surface area contributed by atoms with E-state index in [2.05, 4.69) is 51.6 Å². The Hall–Kier alpha value is -1.62. The smallest absolute Gasteiger partial charge is 0.120 e. The zero-order valence-corrected chi connectivity index (χ0v) is 12.4. The molecule has 0 saturated heterocycles. The second kappa shape index (κ2) is 5.57. The van der Waals surface area contributed by atoms with E-state index in [-0.39, 0.29) is 0 Å². The number of hydrogen-bond acceptors (Lipinski definition) is 3. The minimum atomic E-state index is 0.406. The van der Waals surface area contributed by atoms with Gasteiger partial charge in [-0.3, -0.25) is 9.58 Å². The summed E-state index contributed by atoms with van der Waals surface area (Å²) in [6.45, 7) is 10.1. The van der Waals surface area contributed by atoms with Crippen LogP contribution < -0.4 is 0 Å². The van der Waals surface area contributed by atoms with Crippen LogP contribution in [-0.4, -0.2) is 37.7 Å². The number of imidazole rings is 1. The van der Waals surface area contributed by atoms with Crippen molar-refractivity contribution in [1.82, 2.24) is 24.6 Å². The van der Waals surface area contributed by atoms with Crippen molar-refractivity contribution in [2.45, 2.75) is 46.8 Å². The Bertz CT molecular complexity index is 540. The number of aromatic amines is 1. The van der Waals surface area contributed by atoms with Crippen LogP contribution in [0.25, 0.3) is 0 Å². The number of hydrogen-bond donors (Lipinski definition) is 1. The molecule has 0 radical (unpaired) electrons. The quantitative estimate of drug-likeness (QED) is 0.896.